The largest absolute Gasteiger partial charge is 0.493 e. The van der Waals surface area contributed by atoms with Crippen LogP contribution >= 0.6 is 0 Å². The van der Waals surface area contributed by atoms with E-state index in [1.54, 1.807) is 54.6 Å². The lowest BCUT2D eigenvalue weighted by molar-refractivity contribution is -0.111. The predicted octanol–water partition coefficient (Wildman–Crippen LogP) is 3.01. The van der Waals surface area contributed by atoms with E-state index < -0.39 is 5.91 Å². The molecule has 6 heteroatoms. The summed E-state index contributed by atoms with van der Waals surface area (Å²) in [4.78, 5) is 23.5. The summed E-state index contributed by atoms with van der Waals surface area (Å²) >= 11 is 0. The zero-order valence-electron chi connectivity index (χ0n) is 14.4. The molecule has 0 atom stereocenters. The minimum atomic E-state index is -0.607. The van der Waals surface area contributed by atoms with Gasteiger partial charge < -0.3 is 20.5 Å². The van der Waals surface area contributed by atoms with Crippen LogP contribution in [0.15, 0.2) is 61.2 Å². The van der Waals surface area contributed by atoms with Crippen LogP contribution in [0.1, 0.15) is 15.9 Å². The van der Waals surface area contributed by atoms with Crippen LogP contribution in [0.5, 0.6) is 11.5 Å². The molecule has 2 rings (SSSR count). The highest BCUT2D eigenvalue weighted by Gasteiger charge is 2.09. The van der Waals surface area contributed by atoms with Crippen LogP contribution in [0.25, 0.3) is 6.08 Å². The summed E-state index contributed by atoms with van der Waals surface area (Å²) in [5.41, 5.74) is 6.66. The third-order valence-corrected chi connectivity index (χ3v) is 3.42. The van der Waals surface area contributed by atoms with Gasteiger partial charge in [-0.2, -0.15) is 0 Å². The van der Waals surface area contributed by atoms with Gasteiger partial charge in [-0.25, -0.2) is 0 Å². The van der Waals surface area contributed by atoms with E-state index in [0.717, 1.165) is 5.56 Å². The van der Waals surface area contributed by atoms with Gasteiger partial charge >= 0.3 is 0 Å². The first-order valence-corrected chi connectivity index (χ1v) is 7.84. The Bertz CT molecular complexity index is 843. The molecule has 0 aromatic heterocycles. The van der Waals surface area contributed by atoms with Gasteiger partial charge in [-0.15, -0.1) is 0 Å². The Morgan fingerprint density at radius 1 is 1.19 bits per heavy atom. The number of amides is 2. The van der Waals surface area contributed by atoms with Crippen molar-refractivity contribution in [1.29, 1.82) is 0 Å². The lowest BCUT2D eigenvalue weighted by Crippen LogP contribution is -2.16. The van der Waals surface area contributed by atoms with Crippen LogP contribution in [-0.2, 0) is 4.79 Å². The van der Waals surface area contributed by atoms with Gasteiger partial charge in [0.2, 0.25) is 5.91 Å². The highest BCUT2D eigenvalue weighted by Crippen LogP contribution is 2.28. The second-order valence-electron chi connectivity index (χ2n) is 5.24. The average Bonchev–Trinajstić information content (AvgIpc) is 2.65. The summed E-state index contributed by atoms with van der Waals surface area (Å²) in [6.45, 7) is 3.97. The Balaban J connectivity index is 2.11. The van der Waals surface area contributed by atoms with Gasteiger partial charge in [0.15, 0.2) is 11.5 Å². The van der Waals surface area contributed by atoms with Crippen molar-refractivity contribution >= 4 is 23.6 Å². The van der Waals surface area contributed by atoms with Gasteiger partial charge in [-0.05, 0) is 35.9 Å². The minimum absolute atomic E-state index is 0.250. The smallest absolute Gasteiger partial charge is 0.250 e. The van der Waals surface area contributed by atoms with Crippen LogP contribution in [0, 0.1) is 0 Å². The first-order valence-electron chi connectivity index (χ1n) is 7.84. The highest BCUT2D eigenvalue weighted by atomic mass is 16.5. The Labute approximate surface area is 151 Å². The molecule has 0 saturated carbocycles. The summed E-state index contributed by atoms with van der Waals surface area (Å²) in [6, 6.07) is 11.8. The van der Waals surface area contributed by atoms with Gasteiger partial charge in [0.25, 0.3) is 5.91 Å². The standard InChI is InChI=1S/C20H20N2O4/c1-3-12-26-17-10-8-14(13-18(17)25-2)9-11-19(23)22-16-7-5-4-6-15(16)20(21)24/h3-11,13H,1,12H2,2H3,(H2,21,24)(H,22,23)/b11-9+. The average molecular weight is 352 g/mol. The van der Waals surface area contributed by atoms with Crippen molar-refractivity contribution in [2.45, 2.75) is 0 Å². The Morgan fingerprint density at radius 2 is 1.96 bits per heavy atom. The molecular weight excluding hydrogens is 332 g/mol. The van der Waals surface area contributed by atoms with Gasteiger partial charge in [0, 0.05) is 6.08 Å². The van der Waals surface area contributed by atoms with Crippen LogP contribution in [0.3, 0.4) is 0 Å². The third kappa shape index (κ3) is 4.98. The number of anilines is 1. The number of nitrogens with one attached hydrogen (secondary N) is 1. The molecule has 134 valence electrons. The number of hydrogen-bond acceptors (Lipinski definition) is 4. The molecule has 2 aromatic carbocycles. The quantitative estimate of drug-likeness (QED) is 0.564. The van der Waals surface area contributed by atoms with E-state index >= 15 is 0 Å². The van der Waals surface area contributed by atoms with Gasteiger partial charge in [-0.3, -0.25) is 9.59 Å². The van der Waals surface area contributed by atoms with E-state index in [1.165, 1.54) is 13.2 Å². The number of ether oxygens (including phenoxy) is 2. The summed E-state index contributed by atoms with van der Waals surface area (Å²) < 4.78 is 10.8. The molecule has 3 N–H and O–H groups in total. The molecule has 0 heterocycles. The highest BCUT2D eigenvalue weighted by molar-refractivity contribution is 6.07. The van der Waals surface area contributed by atoms with E-state index in [1.807, 2.05) is 0 Å². The monoisotopic (exact) mass is 352 g/mol. The van der Waals surface area contributed by atoms with E-state index in [0.29, 0.717) is 23.8 Å². The Hall–Kier alpha value is -3.54. The van der Waals surface area contributed by atoms with E-state index in [4.69, 9.17) is 15.2 Å². The van der Waals surface area contributed by atoms with Crippen LogP contribution < -0.4 is 20.5 Å². The van der Waals surface area contributed by atoms with Crippen molar-refractivity contribution in [1.82, 2.24) is 0 Å². The number of hydrogen-bond donors (Lipinski definition) is 2. The number of carbonyl (C=O) groups is 2. The maximum atomic E-state index is 12.1. The van der Waals surface area contributed by atoms with E-state index in [9.17, 15) is 9.59 Å². The predicted molar refractivity (Wildman–Crippen MR) is 101 cm³/mol. The SMILES string of the molecule is C=CCOc1ccc(/C=C/C(=O)Nc2ccccc2C(N)=O)cc1OC. The van der Waals surface area contributed by atoms with E-state index in [-0.39, 0.29) is 11.5 Å². The fourth-order valence-electron chi connectivity index (χ4n) is 2.21. The third-order valence-electron chi connectivity index (χ3n) is 3.42. The minimum Gasteiger partial charge on any atom is -0.493 e. The molecule has 26 heavy (non-hydrogen) atoms. The molecule has 2 amide bonds. The first kappa shape index (κ1) is 18.8. The number of rotatable bonds is 8. The zero-order chi connectivity index (χ0) is 18.9. The van der Waals surface area contributed by atoms with Crippen LogP contribution in [0.4, 0.5) is 5.69 Å². The fourth-order valence-corrected chi connectivity index (χ4v) is 2.21. The Morgan fingerprint density at radius 3 is 2.65 bits per heavy atom. The van der Waals surface area contributed by atoms with Crippen molar-refractivity contribution in [2.24, 2.45) is 5.73 Å². The molecule has 0 radical (unpaired) electrons. The maximum absolute atomic E-state index is 12.1. The molecule has 0 unspecified atom stereocenters. The Kier molecular flexibility index (Phi) is 6.56. The zero-order valence-corrected chi connectivity index (χ0v) is 14.4. The molecule has 0 fully saturated rings. The number of nitrogens with two attached hydrogens (primary N) is 1. The molecule has 2 aromatic rings. The van der Waals surface area contributed by atoms with Crippen molar-refractivity contribution in [3.63, 3.8) is 0 Å². The number of benzene rings is 2. The summed E-state index contributed by atoms with van der Waals surface area (Å²) in [5, 5.41) is 2.64. The number of primary amides is 1. The summed E-state index contributed by atoms with van der Waals surface area (Å²) in [7, 11) is 1.54. The lowest BCUT2D eigenvalue weighted by atomic mass is 10.1. The van der Waals surface area contributed by atoms with Crippen LogP contribution in [0.2, 0.25) is 0 Å². The topological polar surface area (TPSA) is 90.6 Å². The molecule has 0 saturated heterocycles. The van der Waals surface area contributed by atoms with Crippen molar-refractivity contribution in [3.05, 3.63) is 72.3 Å². The number of methoxy groups -OCH3 is 1. The van der Waals surface area contributed by atoms with Crippen LogP contribution in [-0.4, -0.2) is 25.5 Å². The second-order valence-corrected chi connectivity index (χ2v) is 5.24. The lowest BCUT2D eigenvalue weighted by Gasteiger charge is -2.10. The maximum Gasteiger partial charge on any atom is 0.250 e. The van der Waals surface area contributed by atoms with E-state index in [2.05, 4.69) is 11.9 Å². The summed E-state index contributed by atoms with van der Waals surface area (Å²) in [5.74, 6) is 0.146. The normalized spacial score (nSPS) is 10.3. The number of carbonyl (C=O) groups excluding carboxylic acids is 2. The molecule has 0 bridgehead atoms. The fraction of sp³-hybridized carbons (Fsp3) is 0.100. The molecule has 0 aliphatic carbocycles. The second kappa shape index (κ2) is 9.08. The first-order chi connectivity index (χ1) is 12.5. The molecule has 0 aliphatic rings. The molecule has 0 aliphatic heterocycles. The van der Waals surface area contributed by atoms with Crippen molar-refractivity contribution in [2.75, 3.05) is 19.0 Å². The van der Waals surface area contributed by atoms with Gasteiger partial charge in [-0.1, -0.05) is 30.9 Å². The number of para-hydroxylation sites is 1. The van der Waals surface area contributed by atoms with Crippen molar-refractivity contribution in [3.8, 4) is 11.5 Å². The van der Waals surface area contributed by atoms with Gasteiger partial charge in [0.05, 0.1) is 18.4 Å². The summed E-state index contributed by atoms with van der Waals surface area (Å²) in [6.07, 6.45) is 4.63. The molecular formula is C20H20N2O4. The molecule has 0 spiro atoms. The van der Waals surface area contributed by atoms with Crippen molar-refractivity contribution < 1.29 is 19.1 Å². The van der Waals surface area contributed by atoms with Gasteiger partial charge in [0.1, 0.15) is 6.61 Å². The molecule has 6 nitrogen and oxygen atoms in total.